The van der Waals surface area contributed by atoms with Crippen LogP contribution in [0.25, 0.3) is 11.1 Å². The van der Waals surface area contributed by atoms with Crippen molar-refractivity contribution in [1.82, 2.24) is 15.5 Å². The second kappa shape index (κ2) is 12.1. The van der Waals surface area contributed by atoms with Crippen molar-refractivity contribution >= 4 is 18.0 Å². The number of carboxylic acid groups (broad SMARTS) is 1. The van der Waals surface area contributed by atoms with Crippen LogP contribution in [0, 0.1) is 5.92 Å². The quantitative estimate of drug-likeness (QED) is 0.332. The molecule has 1 heterocycles. The fourth-order valence-corrected chi connectivity index (χ4v) is 6.00. The lowest BCUT2D eigenvalue weighted by molar-refractivity contribution is -0.144. The molecular formula is C33H37N3O5. The van der Waals surface area contributed by atoms with E-state index < -0.39 is 29.6 Å². The Balaban J connectivity index is 1.33. The number of benzene rings is 3. The molecule has 0 bridgehead atoms. The largest absolute Gasteiger partial charge is 0.480 e. The van der Waals surface area contributed by atoms with E-state index in [1.165, 1.54) is 0 Å². The highest BCUT2D eigenvalue weighted by Crippen LogP contribution is 2.44. The SMILES string of the molecule is CCC(C)C(NC(=O)C1(NC(=O)OCC2c3ccccc3-c3ccccc32)CCN(Cc2ccccc2)C1)C(=O)O. The molecule has 2 amide bonds. The van der Waals surface area contributed by atoms with Gasteiger partial charge in [-0.1, -0.05) is 99.1 Å². The lowest BCUT2D eigenvalue weighted by Crippen LogP contribution is -2.63. The van der Waals surface area contributed by atoms with E-state index in [9.17, 15) is 19.5 Å². The molecule has 0 saturated carbocycles. The molecule has 3 atom stereocenters. The fourth-order valence-electron chi connectivity index (χ4n) is 6.00. The molecule has 1 aliphatic carbocycles. The van der Waals surface area contributed by atoms with E-state index in [1.54, 1.807) is 6.92 Å². The Hall–Kier alpha value is -4.17. The first kappa shape index (κ1) is 28.4. The normalized spacial score (nSPS) is 19.6. The summed E-state index contributed by atoms with van der Waals surface area (Å²) in [5, 5.41) is 15.4. The zero-order valence-electron chi connectivity index (χ0n) is 23.5. The van der Waals surface area contributed by atoms with E-state index in [4.69, 9.17) is 4.74 Å². The van der Waals surface area contributed by atoms with Crippen LogP contribution in [0.15, 0.2) is 78.9 Å². The molecule has 0 aromatic heterocycles. The number of rotatable bonds is 10. The van der Waals surface area contributed by atoms with Crippen LogP contribution in [0.3, 0.4) is 0 Å². The maximum atomic E-state index is 13.8. The van der Waals surface area contributed by atoms with Gasteiger partial charge in [-0.3, -0.25) is 9.69 Å². The zero-order valence-corrected chi connectivity index (χ0v) is 23.5. The Morgan fingerprint density at radius 2 is 1.59 bits per heavy atom. The summed E-state index contributed by atoms with van der Waals surface area (Å²) in [4.78, 5) is 41.2. The van der Waals surface area contributed by atoms with E-state index in [-0.39, 0.29) is 25.0 Å². The smallest absolute Gasteiger partial charge is 0.408 e. The van der Waals surface area contributed by atoms with E-state index in [2.05, 4.69) is 39.8 Å². The molecule has 0 spiro atoms. The Morgan fingerprint density at radius 3 is 2.20 bits per heavy atom. The molecule has 8 nitrogen and oxygen atoms in total. The molecule has 1 saturated heterocycles. The molecule has 1 fully saturated rings. The molecule has 0 radical (unpaired) electrons. The van der Waals surface area contributed by atoms with Crippen molar-refractivity contribution in [1.29, 1.82) is 0 Å². The molecule has 3 aromatic carbocycles. The van der Waals surface area contributed by atoms with E-state index in [0.29, 0.717) is 25.9 Å². The predicted octanol–water partition coefficient (Wildman–Crippen LogP) is 4.79. The third kappa shape index (κ3) is 5.98. The molecule has 3 N–H and O–H groups in total. The number of amides is 2. The fraction of sp³-hybridized carbons (Fsp3) is 0.364. The summed E-state index contributed by atoms with van der Waals surface area (Å²) in [6.07, 6.45) is 0.228. The minimum absolute atomic E-state index is 0.113. The van der Waals surface area contributed by atoms with Gasteiger partial charge in [-0.2, -0.15) is 0 Å². The molecular weight excluding hydrogens is 518 g/mol. The second-order valence-corrected chi connectivity index (χ2v) is 11.2. The van der Waals surface area contributed by atoms with Crippen molar-refractivity contribution in [3.63, 3.8) is 0 Å². The molecule has 214 valence electrons. The average Bonchev–Trinajstić information content (AvgIpc) is 3.54. The number of alkyl carbamates (subject to hydrolysis) is 1. The number of hydrogen-bond donors (Lipinski definition) is 3. The van der Waals surface area contributed by atoms with Crippen molar-refractivity contribution in [3.8, 4) is 11.1 Å². The molecule has 3 unspecified atom stereocenters. The van der Waals surface area contributed by atoms with E-state index in [1.807, 2.05) is 61.5 Å². The molecule has 1 aliphatic heterocycles. The topological polar surface area (TPSA) is 108 Å². The highest BCUT2D eigenvalue weighted by molar-refractivity contribution is 5.93. The van der Waals surface area contributed by atoms with Gasteiger partial charge in [0.1, 0.15) is 18.2 Å². The monoisotopic (exact) mass is 555 g/mol. The summed E-state index contributed by atoms with van der Waals surface area (Å²) in [5.41, 5.74) is 4.23. The number of nitrogens with one attached hydrogen (secondary N) is 2. The summed E-state index contributed by atoms with van der Waals surface area (Å²) in [6.45, 7) is 5.21. The third-order valence-corrected chi connectivity index (χ3v) is 8.48. The van der Waals surface area contributed by atoms with Crippen LogP contribution < -0.4 is 10.6 Å². The van der Waals surface area contributed by atoms with Gasteiger partial charge < -0.3 is 20.5 Å². The number of fused-ring (bicyclic) bond motifs is 3. The number of aliphatic carboxylic acids is 1. The van der Waals surface area contributed by atoms with Gasteiger partial charge in [-0.25, -0.2) is 9.59 Å². The first-order valence-electron chi connectivity index (χ1n) is 14.2. The van der Waals surface area contributed by atoms with Crippen molar-refractivity contribution < 1.29 is 24.2 Å². The summed E-state index contributed by atoms with van der Waals surface area (Å²) in [5.74, 6) is -1.99. The van der Waals surface area contributed by atoms with Crippen molar-refractivity contribution in [3.05, 3.63) is 95.6 Å². The van der Waals surface area contributed by atoms with Gasteiger partial charge >= 0.3 is 12.1 Å². The van der Waals surface area contributed by atoms with Crippen LogP contribution in [-0.2, 0) is 20.9 Å². The zero-order chi connectivity index (χ0) is 29.0. The van der Waals surface area contributed by atoms with E-state index in [0.717, 1.165) is 27.8 Å². The number of nitrogens with zero attached hydrogens (tertiary/aromatic N) is 1. The first-order chi connectivity index (χ1) is 19.8. The minimum atomic E-state index is -1.32. The Bertz CT molecular complexity index is 1370. The van der Waals surface area contributed by atoms with Crippen LogP contribution in [0.4, 0.5) is 4.79 Å². The Labute approximate surface area is 240 Å². The summed E-state index contributed by atoms with van der Waals surface area (Å²) < 4.78 is 5.79. The summed E-state index contributed by atoms with van der Waals surface area (Å²) in [6, 6.07) is 25.1. The summed E-state index contributed by atoms with van der Waals surface area (Å²) >= 11 is 0. The van der Waals surface area contributed by atoms with Gasteiger partial charge in [0.2, 0.25) is 5.91 Å². The minimum Gasteiger partial charge on any atom is -0.480 e. The molecule has 8 heteroatoms. The molecule has 5 rings (SSSR count). The number of ether oxygens (including phenoxy) is 1. The van der Waals surface area contributed by atoms with Gasteiger partial charge in [0.25, 0.3) is 0 Å². The van der Waals surface area contributed by atoms with E-state index >= 15 is 0 Å². The molecule has 3 aromatic rings. The maximum absolute atomic E-state index is 13.8. The van der Waals surface area contributed by atoms with Gasteiger partial charge in [0.15, 0.2) is 0 Å². The highest BCUT2D eigenvalue weighted by Gasteiger charge is 2.47. The van der Waals surface area contributed by atoms with Crippen molar-refractivity contribution in [2.24, 2.45) is 5.92 Å². The third-order valence-electron chi connectivity index (χ3n) is 8.48. The maximum Gasteiger partial charge on any atom is 0.408 e. The Morgan fingerprint density at radius 1 is 0.976 bits per heavy atom. The molecule has 2 aliphatic rings. The standard InChI is InChI=1S/C33H37N3O5/c1-3-22(2)29(30(37)38)34-31(39)33(17-18-36(21-33)19-23-11-5-4-6-12-23)35-32(40)41-20-28-26-15-9-7-13-24(26)25-14-8-10-16-27(25)28/h4-16,22,28-29H,3,17-21H2,1-2H3,(H,34,39)(H,35,40)(H,37,38). The van der Waals surface area contributed by atoms with Crippen LogP contribution in [-0.4, -0.2) is 59.3 Å². The molecule has 41 heavy (non-hydrogen) atoms. The van der Waals surface area contributed by atoms with Crippen LogP contribution in [0.2, 0.25) is 0 Å². The van der Waals surface area contributed by atoms with Crippen LogP contribution in [0.5, 0.6) is 0 Å². The van der Waals surface area contributed by atoms with Crippen molar-refractivity contribution in [2.75, 3.05) is 19.7 Å². The van der Waals surface area contributed by atoms with Crippen LogP contribution in [0.1, 0.15) is 49.3 Å². The van der Waals surface area contributed by atoms with Gasteiger partial charge in [0.05, 0.1) is 0 Å². The lowest BCUT2D eigenvalue weighted by Gasteiger charge is -2.32. The Kier molecular flexibility index (Phi) is 8.40. The van der Waals surface area contributed by atoms with Crippen molar-refractivity contribution in [2.45, 2.75) is 50.7 Å². The first-order valence-corrected chi connectivity index (χ1v) is 14.2. The highest BCUT2D eigenvalue weighted by atomic mass is 16.5. The van der Waals surface area contributed by atoms with Gasteiger partial charge in [-0.15, -0.1) is 0 Å². The average molecular weight is 556 g/mol. The number of likely N-dealkylation sites (tertiary alicyclic amines) is 1. The van der Waals surface area contributed by atoms with Gasteiger partial charge in [-0.05, 0) is 40.2 Å². The predicted molar refractivity (Wildman–Crippen MR) is 156 cm³/mol. The lowest BCUT2D eigenvalue weighted by atomic mass is 9.94. The van der Waals surface area contributed by atoms with Crippen LogP contribution >= 0.6 is 0 Å². The summed E-state index contributed by atoms with van der Waals surface area (Å²) in [7, 11) is 0. The number of carbonyl (C=O) groups is 3. The second-order valence-electron chi connectivity index (χ2n) is 11.2. The number of carbonyl (C=O) groups excluding carboxylic acids is 2. The number of carboxylic acids is 1. The van der Waals surface area contributed by atoms with Gasteiger partial charge in [0, 0.05) is 25.6 Å². The number of hydrogen-bond acceptors (Lipinski definition) is 5.